The summed E-state index contributed by atoms with van der Waals surface area (Å²) in [6, 6.07) is 2.42. The van der Waals surface area contributed by atoms with Gasteiger partial charge in [0.25, 0.3) is 0 Å². The fraction of sp³-hybridized carbons (Fsp3) is 0.917. The lowest BCUT2D eigenvalue weighted by molar-refractivity contribution is -0.0132. The third kappa shape index (κ3) is 1.44. The number of likely N-dealkylation sites (tertiary alicyclic amines) is 1. The number of nitrogens with zero attached hydrogens (tertiary/aromatic N) is 2. The van der Waals surface area contributed by atoms with Gasteiger partial charge in [0.05, 0.1) is 12.5 Å². The Hall–Kier alpha value is -0.550. The largest absolute Gasteiger partial charge is 0.299 e. The highest BCUT2D eigenvalue weighted by atomic mass is 15.2. The number of piperidine rings is 1. The van der Waals surface area contributed by atoms with Crippen molar-refractivity contribution >= 4 is 0 Å². The molecule has 0 N–H and O–H groups in total. The second-order valence-electron chi connectivity index (χ2n) is 4.94. The Balaban J connectivity index is 2.21. The van der Waals surface area contributed by atoms with Gasteiger partial charge in [-0.25, -0.2) is 0 Å². The van der Waals surface area contributed by atoms with Crippen LogP contribution in [0.25, 0.3) is 0 Å². The molecule has 0 aromatic rings. The monoisotopic (exact) mass is 192 g/mol. The summed E-state index contributed by atoms with van der Waals surface area (Å²) in [5.74, 6) is 0.801. The number of hydrogen-bond donors (Lipinski definition) is 0. The average molecular weight is 192 g/mol. The van der Waals surface area contributed by atoms with Crippen molar-refractivity contribution in [3.8, 4) is 6.07 Å². The zero-order valence-corrected chi connectivity index (χ0v) is 9.13. The molecule has 2 rings (SSSR count). The molecule has 0 bridgehead atoms. The highest BCUT2D eigenvalue weighted by Gasteiger charge is 2.45. The van der Waals surface area contributed by atoms with Crippen LogP contribution in [0.4, 0.5) is 0 Å². The van der Waals surface area contributed by atoms with Gasteiger partial charge >= 0.3 is 0 Å². The average Bonchev–Trinajstić information content (AvgIpc) is 2.20. The van der Waals surface area contributed by atoms with E-state index in [1.54, 1.807) is 0 Å². The molecule has 0 aromatic carbocycles. The van der Waals surface area contributed by atoms with Crippen molar-refractivity contribution in [1.29, 1.82) is 5.26 Å². The summed E-state index contributed by atoms with van der Waals surface area (Å²) < 4.78 is 0. The van der Waals surface area contributed by atoms with Crippen LogP contribution in [0.15, 0.2) is 0 Å². The van der Waals surface area contributed by atoms with E-state index in [-0.39, 0.29) is 5.54 Å². The molecule has 1 saturated heterocycles. The van der Waals surface area contributed by atoms with Crippen LogP contribution in [0, 0.1) is 17.2 Å². The Labute approximate surface area is 86.9 Å². The molecule has 2 fully saturated rings. The molecule has 2 nitrogen and oxygen atoms in total. The van der Waals surface area contributed by atoms with Gasteiger partial charge in [0, 0.05) is 5.54 Å². The molecule has 1 saturated carbocycles. The first-order chi connectivity index (χ1) is 6.79. The molecular formula is C12H20N2. The minimum Gasteiger partial charge on any atom is -0.299 e. The Morgan fingerprint density at radius 2 is 2.14 bits per heavy atom. The van der Waals surface area contributed by atoms with Gasteiger partial charge in [0.2, 0.25) is 0 Å². The van der Waals surface area contributed by atoms with Gasteiger partial charge in [0.1, 0.15) is 0 Å². The Bertz CT molecular complexity index is 241. The lowest BCUT2D eigenvalue weighted by Crippen LogP contribution is -2.56. The molecule has 2 unspecified atom stereocenters. The first kappa shape index (κ1) is 9.98. The third-order valence-electron chi connectivity index (χ3n) is 4.36. The van der Waals surface area contributed by atoms with E-state index in [9.17, 15) is 0 Å². The number of nitriles is 1. The Morgan fingerprint density at radius 3 is 2.93 bits per heavy atom. The van der Waals surface area contributed by atoms with Crippen LogP contribution in [-0.4, -0.2) is 24.0 Å². The lowest BCUT2D eigenvalue weighted by atomic mass is 9.66. The molecule has 1 aliphatic heterocycles. The molecule has 0 radical (unpaired) electrons. The molecule has 1 heterocycles. The predicted molar refractivity (Wildman–Crippen MR) is 56.8 cm³/mol. The normalized spacial score (nSPS) is 38.7. The third-order valence-corrected chi connectivity index (χ3v) is 4.36. The van der Waals surface area contributed by atoms with Crippen LogP contribution in [-0.2, 0) is 0 Å². The minimum absolute atomic E-state index is 0.255. The zero-order valence-electron chi connectivity index (χ0n) is 9.13. The van der Waals surface area contributed by atoms with Crippen LogP contribution >= 0.6 is 0 Å². The smallest absolute Gasteiger partial charge is 0.0641 e. The number of hydrogen-bond acceptors (Lipinski definition) is 2. The van der Waals surface area contributed by atoms with E-state index in [4.69, 9.17) is 5.26 Å². The number of rotatable bonds is 1. The van der Waals surface area contributed by atoms with Gasteiger partial charge < -0.3 is 0 Å². The van der Waals surface area contributed by atoms with Gasteiger partial charge in [-0.2, -0.15) is 5.26 Å². The Morgan fingerprint density at radius 1 is 1.36 bits per heavy atom. The van der Waals surface area contributed by atoms with Gasteiger partial charge in [-0.15, -0.1) is 0 Å². The summed E-state index contributed by atoms with van der Waals surface area (Å²) in [4.78, 5) is 2.48. The van der Waals surface area contributed by atoms with E-state index >= 15 is 0 Å². The standard InChI is InChI=1S/C12H20N2/c1-14-10-4-6-11-5-2-3-7-12(11,14)8-9-13/h11H,2-8,10H2,1H3. The van der Waals surface area contributed by atoms with E-state index in [2.05, 4.69) is 18.0 Å². The zero-order chi connectivity index (χ0) is 10.0. The Kier molecular flexibility index (Phi) is 2.78. The molecule has 2 aliphatic rings. The molecule has 2 heteroatoms. The van der Waals surface area contributed by atoms with Crippen LogP contribution in [0.2, 0.25) is 0 Å². The molecule has 78 valence electrons. The van der Waals surface area contributed by atoms with Crippen LogP contribution in [0.3, 0.4) is 0 Å². The summed E-state index contributed by atoms with van der Waals surface area (Å²) in [6.45, 7) is 1.19. The van der Waals surface area contributed by atoms with E-state index in [1.165, 1.54) is 45.1 Å². The molecule has 2 atom stereocenters. The first-order valence-electron chi connectivity index (χ1n) is 5.88. The maximum Gasteiger partial charge on any atom is 0.0641 e. The topological polar surface area (TPSA) is 27.0 Å². The second kappa shape index (κ2) is 3.90. The SMILES string of the molecule is CN1CCCC2CCCCC21CC#N. The van der Waals surface area contributed by atoms with Crippen molar-refractivity contribution < 1.29 is 0 Å². The van der Waals surface area contributed by atoms with Gasteiger partial charge in [-0.1, -0.05) is 12.8 Å². The van der Waals surface area contributed by atoms with Crippen molar-refractivity contribution in [3.63, 3.8) is 0 Å². The highest BCUT2D eigenvalue weighted by molar-refractivity contribution is 5.04. The van der Waals surface area contributed by atoms with Crippen molar-refractivity contribution in [2.24, 2.45) is 5.92 Å². The first-order valence-corrected chi connectivity index (χ1v) is 5.88. The molecule has 0 spiro atoms. The molecular weight excluding hydrogens is 172 g/mol. The van der Waals surface area contributed by atoms with Crippen LogP contribution in [0.1, 0.15) is 44.9 Å². The maximum atomic E-state index is 8.99. The van der Waals surface area contributed by atoms with Gasteiger partial charge in [0.15, 0.2) is 0 Å². The second-order valence-corrected chi connectivity index (χ2v) is 4.94. The van der Waals surface area contributed by atoms with E-state index in [0.717, 1.165) is 12.3 Å². The summed E-state index contributed by atoms with van der Waals surface area (Å²) in [6.07, 6.45) is 8.73. The molecule has 1 aliphatic carbocycles. The van der Waals surface area contributed by atoms with Crippen molar-refractivity contribution in [1.82, 2.24) is 4.90 Å². The minimum atomic E-state index is 0.255. The van der Waals surface area contributed by atoms with Crippen LogP contribution < -0.4 is 0 Å². The maximum absolute atomic E-state index is 8.99. The lowest BCUT2D eigenvalue weighted by Gasteiger charge is -2.52. The summed E-state index contributed by atoms with van der Waals surface area (Å²) in [5.41, 5.74) is 0.255. The van der Waals surface area contributed by atoms with E-state index in [1.807, 2.05) is 0 Å². The van der Waals surface area contributed by atoms with E-state index < -0.39 is 0 Å². The van der Waals surface area contributed by atoms with Gasteiger partial charge in [-0.3, -0.25) is 4.90 Å². The summed E-state index contributed by atoms with van der Waals surface area (Å²) in [5, 5.41) is 8.99. The van der Waals surface area contributed by atoms with E-state index in [0.29, 0.717) is 0 Å². The molecule has 14 heavy (non-hydrogen) atoms. The van der Waals surface area contributed by atoms with Gasteiger partial charge in [-0.05, 0) is 45.2 Å². The molecule has 0 amide bonds. The highest BCUT2D eigenvalue weighted by Crippen LogP contribution is 2.45. The van der Waals surface area contributed by atoms with Crippen molar-refractivity contribution in [2.45, 2.75) is 50.5 Å². The van der Waals surface area contributed by atoms with Crippen LogP contribution in [0.5, 0.6) is 0 Å². The number of fused-ring (bicyclic) bond motifs is 1. The fourth-order valence-corrected chi connectivity index (χ4v) is 3.51. The van der Waals surface area contributed by atoms with Crippen molar-refractivity contribution in [2.75, 3.05) is 13.6 Å². The summed E-state index contributed by atoms with van der Waals surface area (Å²) in [7, 11) is 2.22. The fourth-order valence-electron chi connectivity index (χ4n) is 3.51. The van der Waals surface area contributed by atoms with Crippen molar-refractivity contribution in [3.05, 3.63) is 0 Å². The predicted octanol–water partition coefficient (Wildman–Crippen LogP) is 2.55. The quantitative estimate of drug-likeness (QED) is 0.638. The molecule has 0 aromatic heterocycles. The summed E-state index contributed by atoms with van der Waals surface area (Å²) >= 11 is 0.